The van der Waals surface area contributed by atoms with E-state index < -0.39 is 0 Å². The van der Waals surface area contributed by atoms with E-state index in [0.717, 1.165) is 64.4 Å². The lowest BCUT2D eigenvalue weighted by Gasteiger charge is -2.37. The predicted molar refractivity (Wildman–Crippen MR) is 107 cm³/mol. The number of nitrogens with one attached hydrogen (secondary N) is 1. The van der Waals surface area contributed by atoms with Crippen LogP contribution in [0.1, 0.15) is 32.1 Å². The zero-order chi connectivity index (χ0) is 18.6. The molecule has 1 aromatic carbocycles. The van der Waals surface area contributed by atoms with Crippen LogP contribution in [0.3, 0.4) is 0 Å². The molecule has 0 aromatic heterocycles. The maximum atomic E-state index is 11.1. The van der Waals surface area contributed by atoms with Gasteiger partial charge in [0.05, 0.1) is 7.11 Å². The van der Waals surface area contributed by atoms with Crippen molar-refractivity contribution in [3.63, 3.8) is 0 Å². The van der Waals surface area contributed by atoms with E-state index in [0.29, 0.717) is 6.42 Å². The molecule has 6 nitrogen and oxygen atoms in total. The van der Waals surface area contributed by atoms with E-state index in [9.17, 15) is 4.79 Å². The number of para-hydroxylation sites is 1. The Morgan fingerprint density at radius 1 is 1.08 bits per heavy atom. The summed E-state index contributed by atoms with van der Waals surface area (Å²) in [6.45, 7) is 4.90. The van der Waals surface area contributed by atoms with E-state index in [1.54, 1.807) is 0 Å². The summed E-state index contributed by atoms with van der Waals surface area (Å²) < 4.78 is 4.65. The van der Waals surface area contributed by atoms with Crippen molar-refractivity contribution >= 4 is 17.6 Å². The first-order valence-electron chi connectivity index (χ1n) is 9.57. The summed E-state index contributed by atoms with van der Waals surface area (Å²) in [5, 5.41) is 3.47. The number of methoxy groups -OCH3 is 1. The van der Waals surface area contributed by atoms with Gasteiger partial charge in [-0.05, 0) is 25.0 Å². The van der Waals surface area contributed by atoms with Gasteiger partial charge in [0.1, 0.15) is 0 Å². The second-order valence-electron chi connectivity index (χ2n) is 6.52. The van der Waals surface area contributed by atoms with Gasteiger partial charge in [0.2, 0.25) is 0 Å². The quantitative estimate of drug-likeness (QED) is 0.334. The summed E-state index contributed by atoms with van der Waals surface area (Å²) in [6, 6.07) is 10.6. The Kier molecular flexibility index (Phi) is 8.79. The Hall–Kier alpha value is -2.24. The molecule has 1 saturated heterocycles. The van der Waals surface area contributed by atoms with Crippen LogP contribution in [-0.4, -0.2) is 63.7 Å². The van der Waals surface area contributed by atoms with E-state index in [4.69, 9.17) is 0 Å². The number of rotatable bonds is 8. The van der Waals surface area contributed by atoms with Crippen LogP contribution in [0.2, 0.25) is 0 Å². The molecule has 1 aliphatic rings. The molecule has 0 saturated carbocycles. The van der Waals surface area contributed by atoms with Gasteiger partial charge in [0, 0.05) is 51.9 Å². The first kappa shape index (κ1) is 20.1. The molecule has 1 aliphatic heterocycles. The lowest BCUT2D eigenvalue weighted by atomic mass is 10.1. The monoisotopic (exact) mass is 360 g/mol. The number of nitrogens with zero attached hydrogens (tertiary/aromatic N) is 3. The summed E-state index contributed by atoms with van der Waals surface area (Å²) in [7, 11) is 3.29. The van der Waals surface area contributed by atoms with E-state index in [1.165, 1.54) is 12.8 Å². The molecule has 144 valence electrons. The second-order valence-corrected chi connectivity index (χ2v) is 6.52. The minimum atomic E-state index is -0.113. The molecule has 2 rings (SSSR count). The molecule has 1 aromatic rings. The smallest absolute Gasteiger partial charge is 0.305 e. The number of guanidine groups is 1. The lowest BCUT2D eigenvalue weighted by Crippen LogP contribution is -2.52. The summed E-state index contributed by atoms with van der Waals surface area (Å²) in [5.41, 5.74) is 1.29. The predicted octanol–water partition coefficient (Wildman–Crippen LogP) is 2.51. The third-order valence-electron chi connectivity index (χ3n) is 4.73. The van der Waals surface area contributed by atoms with Gasteiger partial charge in [-0.15, -0.1) is 0 Å². The molecule has 0 bridgehead atoms. The fourth-order valence-electron chi connectivity index (χ4n) is 3.20. The van der Waals surface area contributed by atoms with Crippen LogP contribution in [0.4, 0.5) is 5.69 Å². The van der Waals surface area contributed by atoms with Gasteiger partial charge >= 0.3 is 5.97 Å². The average molecular weight is 361 g/mol. The Bertz CT molecular complexity index is 554. The lowest BCUT2D eigenvalue weighted by molar-refractivity contribution is -0.140. The largest absolute Gasteiger partial charge is 0.469 e. The maximum absolute atomic E-state index is 11.1. The van der Waals surface area contributed by atoms with Crippen molar-refractivity contribution in [2.24, 2.45) is 4.99 Å². The normalized spacial score (nSPS) is 15.1. The standard InChI is InChI=1S/C20H32N4O2/c1-21-20(22-13-9-4-3-8-12-19(25)26-2)24-16-14-23(15-17-24)18-10-6-5-7-11-18/h5-7,10-11H,3-4,8-9,12-17H2,1-2H3,(H,21,22). The summed E-state index contributed by atoms with van der Waals surface area (Å²) in [6.07, 6.45) is 4.69. The number of unbranched alkanes of at least 4 members (excludes halogenated alkanes) is 3. The zero-order valence-electron chi connectivity index (χ0n) is 16.1. The highest BCUT2D eigenvalue weighted by Crippen LogP contribution is 2.15. The molecular formula is C20H32N4O2. The van der Waals surface area contributed by atoms with Crippen LogP contribution in [0.15, 0.2) is 35.3 Å². The number of hydrogen-bond donors (Lipinski definition) is 1. The first-order valence-corrected chi connectivity index (χ1v) is 9.57. The highest BCUT2D eigenvalue weighted by atomic mass is 16.5. The van der Waals surface area contributed by atoms with Crippen molar-refractivity contribution in [3.8, 4) is 0 Å². The van der Waals surface area contributed by atoms with Gasteiger partial charge in [-0.25, -0.2) is 0 Å². The molecule has 0 spiro atoms. The molecule has 1 fully saturated rings. The van der Waals surface area contributed by atoms with E-state index in [1.807, 2.05) is 7.05 Å². The number of ether oxygens (including phenoxy) is 1. The number of esters is 1. The van der Waals surface area contributed by atoms with Crippen molar-refractivity contribution < 1.29 is 9.53 Å². The van der Waals surface area contributed by atoms with Gasteiger partial charge in [0.25, 0.3) is 0 Å². The third-order valence-corrected chi connectivity index (χ3v) is 4.73. The van der Waals surface area contributed by atoms with Gasteiger partial charge < -0.3 is 19.9 Å². The van der Waals surface area contributed by atoms with E-state index in [2.05, 4.69) is 55.2 Å². The molecule has 26 heavy (non-hydrogen) atoms. The fraction of sp³-hybridized carbons (Fsp3) is 0.600. The van der Waals surface area contributed by atoms with Crippen LogP contribution >= 0.6 is 0 Å². The number of carbonyl (C=O) groups is 1. The molecule has 0 atom stereocenters. The molecule has 0 radical (unpaired) electrons. The Labute approximate surface area is 157 Å². The van der Waals surface area contributed by atoms with E-state index >= 15 is 0 Å². The molecule has 6 heteroatoms. The number of aliphatic imine (C=N–C) groups is 1. The van der Waals surface area contributed by atoms with Crippen LogP contribution in [-0.2, 0) is 9.53 Å². The van der Waals surface area contributed by atoms with Crippen molar-refractivity contribution in [1.29, 1.82) is 0 Å². The summed E-state index contributed by atoms with van der Waals surface area (Å²) in [5.74, 6) is 0.880. The first-order chi connectivity index (χ1) is 12.7. The summed E-state index contributed by atoms with van der Waals surface area (Å²) in [4.78, 5) is 20.2. The molecule has 0 aliphatic carbocycles. The van der Waals surface area contributed by atoms with Crippen LogP contribution in [0.5, 0.6) is 0 Å². The number of hydrogen-bond acceptors (Lipinski definition) is 4. The zero-order valence-corrected chi connectivity index (χ0v) is 16.1. The molecule has 1 N–H and O–H groups in total. The minimum absolute atomic E-state index is 0.113. The van der Waals surface area contributed by atoms with Crippen LogP contribution in [0.25, 0.3) is 0 Å². The van der Waals surface area contributed by atoms with Crippen LogP contribution < -0.4 is 10.2 Å². The fourth-order valence-corrected chi connectivity index (χ4v) is 3.20. The average Bonchev–Trinajstić information content (AvgIpc) is 2.71. The number of benzene rings is 1. The minimum Gasteiger partial charge on any atom is -0.469 e. The van der Waals surface area contributed by atoms with Crippen molar-refractivity contribution in [3.05, 3.63) is 30.3 Å². The maximum Gasteiger partial charge on any atom is 0.305 e. The number of piperazine rings is 1. The van der Waals surface area contributed by atoms with Gasteiger partial charge in [-0.2, -0.15) is 0 Å². The van der Waals surface area contributed by atoms with Crippen LogP contribution in [0, 0.1) is 0 Å². The Balaban J connectivity index is 1.61. The molecule has 0 amide bonds. The Morgan fingerprint density at radius 3 is 2.42 bits per heavy atom. The number of anilines is 1. The van der Waals surface area contributed by atoms with Gasteiger partial charge in [0.15, 0.2) is 5.96 Å². The second kappa shape index (κ2) is 11.4. The van der Waals surface area contributed by atoms with Crippen molar-refractivity contribution in [1.82, 2.24) is 10.2 Å². The van der Waals surface area contributed by atoms with Crippen molar-refractivity contribution in [2.45, 2.75) is 32.1 Å². The third kappa shape index (κ3) is 6.58. The highest BCUT2D eigenvalue weighted by molar-refractivity contribution is 5.80. The van der Waals surface area contributed by atoms with Gasteiger partial charge in [-0.1, -0.05) is 31.0 Å². The topological polar surface area (TPSA) is 57.2 Å². The SMILES string of the molecule is CN=C(NCCCCCCC(=O)OC)N1CCN(c2ccccc2)CC1. The summed E-state index contributed by atoms with van der Waals surface area (Å²) >= 11 is 0. The van der Waals surface area contributed by atoms with Gasteiger partial charge in [-0.3, -0.25) is 9.79 Å². The number of carbonyl (C=O) groups excluding carboxylic acids is 1. The highest BCUT2D eigenvalue weighted by Gasteiger charge is 2.19. The Morgan fingerprint density at radius 2 is 1.77 bits per heavy atom. The van der Waals surface area contributed by atoms with Crippen molar-refractivity contribution in [2.75, 3.05) is 51.8 Å². The van der Waals surface area contributed by atoms with E-state index in [-0.39, 0.29) is 5.97 Å². The molecule has 0 unspecified atom stereocenters. The molecule has 1 heterocycles. The molecular weight excluding hydrogens is 328 g/mol.